The number of anilines is 2. The van der Waals surface area contributed by atoms with E-state index in [9.17, 15) is 19.2 Å². The van der Waals surface area contributed by atoms with E-state index >= 15 is 0 Å². The Morgan fingerprint density at radius 2 is 1.51 bits per heavy atom. The number of nitrogens with one attached hydrogen (secondary N) is 1. The molecule has 3 N–H and O–H groups in total. The van der Waals surface area contributed by atoms with Gasteiger partial charge in [-0.3, -0.25) is 24.6 Å². The van der Waals surface area contributed by atoms with E-state index in [1.54, 1.807) is 4.90 Å². The smallest absolute Gasteiger partial charge is 0.320 e. The molecule has 16 nitrogen and oxygen atoms in total. The number of carbonyl (C=O) groups is 4. The van der Waals surface area contributed by atoms with Crippen molar-refractivity contribution in [3.05, 3.63) is 90.3 Å². The molecule has 4 saturated heterocycles. The number of amides is 5. The first-order valence-electron chi connectivity index (χ1n) is 22.4. The SMILES string of the molecule is Nc1ncnc2c1c(-c1ccc(Oc3ccccc3)cc1)nn2C1CCN(C(=O)N2CCC(CCN3CCN(c4ccc5c(c4)CN(C4CCC(=O)NC4=O)C5=O)CC3)CC2)CC1. The van der Waals surface area contributed by atoms with Crippen molar-refractivity contribution in [3.8, 4) is 22.8 Å². The van der Waals surface area contributed by atoms with E-state index in [-0.39, 0.29) is 36.2 Å². The summed E-state index contributed by atoms with van der Waals surface area (Å²) in [6, 6.07) is 23.1. The highest BCUT2D eigenvalue weighted by atomic mass is 16.5. The number of benzene rings is 3. The van der Waals surface area contributed by atoms with Crippen molar-refractivity contribution in [2.24, 2.45) is 5.92 Å². The van der Waals surface area contributed by atoms with E-state index < -0.39 is 6.04 Å². The van der Waals surface area contributed by atoms with Crippen molar-refractivity contribution >= 4 is 46.3 Å². The molecule has 2 aromatic heterocycles. The number of rotatable bonds is 9. The van der Waals surface area contributed by atoms with Crippen molar-refractivity contribution in [2.75, 3.05) is 69.5 Å². The number of carbonyl (C=O) groups excluding carboxylic acids is 4. The molecule has 5 aliphatic heterocycles. The van der Waals surface area contributed by atoms with Crippen molar-refractivity contribution in [3.63, 3.8) is 0 Å². The first-order chi connectivity index (χ1) is 30.8. The zero-order chi connectivity index (χ0) is 43.0. The van der Waals surface area contributed by atoms with Gasteiger partial charge in [0, 0.05) is 82.1 Å². The van der Waals surface area contributed by atoms with Crippen LogP contribution in [0, 0.1) is 5.92 Å². The normalized spacial score (nSPS) is 20.4. The Bertz CT molecular complexity index is 2510. The second-order valence-corrected chi connectivity index (χ2v) is 17.5. The van der Waals surface area contributed by atoms with E-state index in [1.165, 1.54) is 6.33 Å². The molecule has 10 rings (SSSR count). The Balaban J connectivity index is 0.675. The van der Waals surface area contributed by atoms with Crippen LogP contribution in [-0.2, 0) is 16.1 Å². The summed E-state index contributed by atoms with van der Waals surface area (Å²) in [4.78, 5) is 70.5. The van der Waals surface area contributed by atoms with Gasteiger partial charge in [0.25, 0.3) is 5.91 Å². The second kappa shape index (κ2) is 17.3. The maximum Gasteiger partial charge on any atom is 0.320 e. The van der Waals surface area contributed by atoms with E-state index in [0.29, 0.717) is 49.0 Å². The number of nitrogen functional groups attached to an aromatic ring is 1. The van der Waals surface area contributed by atoms with Gasteiger partial charge in [-0.1, -0.05) is 18.2 Å². The highest BCUT2D eigenvalue weighted by Crippen LogP contribution is 2.36. The van der Waals surface area contributed by atoms with Gasteiger partial charge in [-0.15, -0.1) is 0 Å². The van der Waals surface area contributed by atoms with Crippen LogP contribution in [0.5, 0.6) is 11.5 Å². The molecule has 5 amide bonds. The minimum atomic E-state index is -0.605. The zero-order valence-electron chi connectivity index (χ0n) is 35.4. The monoisotopic (exact) mass is 851 g/mol. The van der Waals surface area contributed by atoms with Crippen molar-refractivity contribution in [2.45, 2.75) is 63.6 Å². The van der Waals surface area contributed by atoms with Crippen molar-refractivity contribution in [1.82, 2.24) is 44.7 Å². The third-order valence-electron chi connectivity index (χ3n) is 13.7. The molecule has 1 unspecified atom stereocenters. The molecule has 0 saturated carbocycles. The topological polar surface area (TPSA) is 175 Å². The lowest BCUT2D eigenvalue weighted by molar-refractivity contribution is -0.136. The van der Waals surface area contributed by atoms with Gasteiger partial charge in [-0.05, 0) is 111 Å². The molecule has 5 aliphatic rings. The number of nitrogens with zero attached hydrogens (tertiary/aromatic N) is 9. The van der Waals surface area contributed by atoms with Gasteiger partial charge in [0.05, 0.1) is 11.4 Å². The number of piperazine rings is 1. The van der Waals surface area contributed by atoms with Crippen LogP contribution in [0.15, 0.2) is 79.1 Å². The van der Waals surface area contributed by atoms with Crippen LogP contribution in [0.25, 0.3) is 22.3 Å². The number of hydrogen-bond donors (Lipinski definition) is 2. The first kappa shape index (κ1) is 40.5. The standard InChI is InChI=1S/C47H53N11O5/c48-43-41-42(32-6-9-37(10-7-32)63-36-4-2-1-3-5-36)52-58(44(41)50-30-49-43)34-17-22-56(23-18-34)47(62)55-20-15-31(16-21-55)14-19-53-24-26-54(27-25-53)35-8-11-38-33(28-35)29-57(46(38)61)39-12-13-40(59)51-45(39)60/h1-11,28,30-31,34,39H,12-27,29H2,(H2,48,49,50)(H,51,59,60). The third kappa shape index (κ3) is 8.26. The number of nitrogens with two attached hydrogens (primary N) is 1. The van der Waals surface area contributed by atoms with Crippen LogP contribution in [0.1, 0.15) is 66.9 Å². The number of likely N-dealkylation sites (tertiary alicyclic amines) is 2. The number of imide groups is 1. The van der Waals surface area contributed by atoms with Crippen LogP contribution < -0.4 is 20.7 Å². The third-order valence-corrected chi connectivity index (χ3v) is 13.7. The predicted molar refractivity (Wildman–Crippen MR) is 237 cm³/mol. The van der Waals surface area contributed by atoms with Gasteiger partial charge in [0.2, 0.25) is 11.8 Å². The molecule has 63 heavy (non-hydrogen) atoms. The van der Waals surface area contributed by atoms with E-state index in [2.05, 4.69) is 31.2 Å². The van der Waals surface area contributed by atoms with Crippen LogP contribution >= 0.6 is 0 Å². The zero-order valence-corrected chi connectivity index (χ0v) is 35.4. The second-order valence-electron chi connectivity index (χ2n) is 17.5. The van der Waals surface area contributed by atoms with Crippen LogP contribution in [0.2, 0.25) is 0 Å². The minimum absolute atomic E-state index is 0.0739. The molecular formula is C47H53N11O5. The van der Waals surface area contributed by atoms with Crippen LogP contribution in [0.3, 0.4) is 0 Å². The summed E-state index contributed by atoms with van der Waals surface area (Å²) in [6.07, 6.45) is 6.82. The Morgan fingerprint density at radius 3 is 2.24 bits per heavy atom. The summed E-state index contributed by atoms with van der Waals surface area (Å²) in [5.74, 6) is 1.68. The molecule has 0 bridgehead atoms. The van der Waals surface area contributed by atoms with Gasteiger partial charge >= 0.3 is 6.03 Å². The molecule has 7 heterocycles. The molecule has 0 radical (unpaired) electrons. The van der Waals surface area contributed by atoms with Gasteiger partial charge in [0.1, 0.15) is 35.4 Å². The highest BCUT2D eigenvalue weighted by molar-refractivity contribution is 6.05. The Hall–Kier alpha value is -6.55. The maximum absolute atomic E-state index is 13.8. The fourth-order valence-corrected chi connectivity index (χ4v) is 10.0. The molecule has 3 aromatic carbocycles. The number of fused-ring (bicyclic) bond motifs is 2. The van der Waals surface area contributed by atoms with Crippen LogP contribution in [-0.4, -0.2) is 128 Å². The van der Waals surface area contributed by atoms with Gasteiger partial charge in [-0.2, -0.15) is 5.10 Å². The van der Waals surface area contributed by atoms with Gasteiger partial charge in [-0.25, -0.2) is 19.4 Å². The molecule has 326 valence electrons. The summed E-state index contributed by atoms with van der Waals surface area (Å²) in [7, 11) is 0. The lowest BCUT2D eigenvalue weighted by Gasteiger charge is -2.39. The molecule has 0 aliphatic carbocycles. The predicted octanol–water partition coefficient (Wildman–Crippen LogP) is 5.31. The average Bonchev–Trinajstić information content (AvgIpc) is 3.87. The number of piperidine rings is 3. The number of aromatic nitrogens is 4. The first-order valence-corrected chi connectivity index (χ1v) is 22.4. The van der Waals surface area contributed by atoms with Crippen molar-refractivity contribution < 1.29 is 23.9 Å². The van der Waals surface area contributed by atoms with Gasteiger partial charge in [0.15, 0.2) is 5.65 Å². The quantitative estimate of drug-likeness (QED) is 0.184. The summed E-state index contributed by atoms with van der Waals surface area (Å²) >= 11 is 0. The minimum Gasteiger partial charge on any atom is -0.457 e. The molecular weight excluding hydrogens is 799 g/mol. The Kier molecular flexibility index (Phi) is 11.1. The van der Waals surface area contributed by atoms with Crippen molar-refractivity contribution in [1.29, 1.82) is 0 Å². The largest absolute Gasteiger partial charge is 0.457 e. The number of ether oxygens (including phenoxy) is 1. The molecule has 16 heteroatoms. The summed E-state index contributed by atoms with van der Waals surface area (Å²) in [6.45, 7) is 8.09. The summed E-state index contributed by atoms with van der Waals surface area (Å²) in [5.41, 5.74) is 11.4. The van der Waals surface area contributed by atoms with Gasteiger partial charge < -0.3 is 30.1 Å². The maximum atomic E-state index is 13.8. The fraction of sp³-hybridized carbons (Fsp3) is 0.426. The number of hydrogen-bond acceptors (Lipinski definition) is 11. The molecule has 0 spiro atoms. The lowest BCUT2D eigenvalue weighted by atomic mass is 9.93. The molecule has 5 aromatic rings. The van der Waals surface area contributed by atoms with E-state index in [4.69, 9.17) is 15.6 Å². The fourth-order valence-electron chi connectivity index (χ4n) is 10.0. The summed E-state index contributed by atoms with van der Waals surface area (Å²) < 4.78 is 7.99. The Labute approximate surface area is 366 Å². The van der Waals surface area contributed by atoms with E-state index in [0.717, 1.165) is 117 Å². The molecule has 1 atom stereocenters. The number of urea groups is 1. The molecule has 4 fully saturated rings. The summed E-state index contributed by atoms with van der Waals surface area (Å²) in [5, 5.41) is 8.18. The number of para-hydroxylation sites is 1. The highest BCUT2D eigenvalue weighted by Gasteiger charge is 2.39. The Morgan fingerprint density at radius 1 is 0.794 bits per heavy atom. The lowest BCUT2D eigenvalue weighted by Crippen LogP contribution is -2.52. The average molecular weight is 852 g/mol. The van der Waals surface area contributed by atoms with E-state index in [1.807, 2.05) is 81.2 Å². The van der Waals surface area contributed by atoms with Crippen LogP contribution in [0.4, 0.5) is 16.3 Å².